The van der Waals surface area contributed by atoms with Crippen LogP contribution in [0.3, 0.4) is 0 Å². The van der Waals surface area contributed by atoms with E-state index in [0.717, 1.165) is 12.0 Å². The fraction of sp³-hybridized carbons (Fsp3) is 0.200. The lowest BCUT2D eigenvalue weighted by Gasteiger charge is -2.14. The number of aryl methyl sites for hydroxylation is 1. The first-order valence-corrected chi connectivity index (χ1v) is 7.02. The number of rotatable bonds is 3. The molecule has 1 unspecified atom stereocenters. The molecule has 2 rings (SSSR count). The zero-order valence-corrected chi connectivity index (χ0v) is 12.5. The Morgan fingerprint density at radius 1 is 1.11 bits per heavy atom. The van der Waals surface area contributed by atoms with Gasteiger partial charge < -0.3 is 5.11 Å². The number of hydrogen-bond donors (Lipinski definition) is 1. The molecule has 0 aliphatic heterocycles. The maximum atomic E-state index is 13.9. The fourth-order valence-corrected chi connectivity index (χ4v) is 2.37. The molecule has 19 heavy (non-hydrogen) atoms. The third-order valence-electron chi connectivity index (χ3n) is 3.06. The quantitative estimate of drug-likeness (QED) is 0.630. The number of halogens is 3. The molecule has 1 N–H and O–H groups in total. The number of aliphatic hydroxyl groups excluding tert-OH is 1. The number of hydrogen-bond acceptors (Lipinski definition) is 1. The van der Waals surface area contributed by atoms with Crippen molar-refractivity contribution < 1.29 is 13.9 Å². The normalized spacial score (nSPS) is 12.5. The van der Waals surface area contributed by atoms with Crippen molar-refractivity contribution in [1.29, 1.82) is 0 Å². The van der Waals surface area contributed by atoms with Crippen molar-refractivity contribution >= 4 is 22.6 Å². The van der Waals surface area contributed by atoms with Gasteiger partial charge in [-0.1, -0.05) is 31.2 Å². The highest BCUT2D eigenvalue weighted by atomic mass is 127. The summed E-state index contributed by atoms with van der Waals surface area (Å²) in [6, 6.07) is 9.61. The van der Waals surface area contributed by atoms with Crippen molar-refractivity contribution in [2.24, 2.45) is 0 Å². The molecule has 1 atom stereocenters. The summed E-state index contributed by atoms with van der Waals surface area (Å²) in [5.74, 6) is -1.43. The van der Waals surface area contributed by atoms with Crippen molar-refractivity contribution in [3.05, 3.63) is 68.3 Å². The molecule has 4 heteroatoms. The molecule has 100 valence electrons. The zero-order chi connectivity index (χ0) is 14.0. The minimum Gasteiger partial charge on any atom is -0.383 e. The molecule has 0 heterocycles. The Morgan fingerprint density at radius 2 is 1.74 bits per heavy atom. The number of benzene rings is 2. The van der Waals surface area contributed by atoms with E-state index in [2.05, 4.69) is 0 Å². The van der Waals surface area contributed by atoms with E-state index in [1.165, 1.54) is 12.1 Å². The predicted molar refractivity (Wildman–Crippen MR) is 79.0 cm³/mol. The van der Waals surface area contributed by atoms with Gasteiger partial charge in [-0.05, 0) is 52.3 Å². The molecule has 0 spiro atoms. The van der Waals surface area contributed by atoms with E-state index in [9.17, 15) is 13.9 Å². The van der Waals surface area contributed by atoms with Crippen molar-refractivity contribution in [1.82, 2.24) is 0 Å². The second-order valence-electron chi connectivity index (χ2n) is 4.25. The van der Waals surface area contributed by atoms with Crippen LogP contribution in [0, 0.1) is 15.2 Å². The van der Waals surface area contributed by atoms with Crippen LogP contribution in [0.1, 0.15) is 29.7 Å². The van der Waals surface area contributed by atoms with Crippen LogP contribution in [0.2, 0.25) is 0 Å². The average molecular weight is 374 g/mol. The minimum absolute atomic E-state index is 0.290. The number of aliphatic hydroxyl groups is 1. The van der Waals surface area contributed by atoms with Crippen molar-refractivity contribution in [3.8, 4) is 0 Å². The molecule has 0 saturated carbocycles. The van der Waals surface area contributed by atoms with Gasteiger partial charge in [0.05, 0.1) is 5.56 Å². The second-order valence-corrected chi connectivity index (χ2v) is 5.42. The van der Waals surface area contributed by atoms with Crippen LogP contribution in [-0.2, 0) is 6.42 Å². The van der Waals surface area contributed by atoms with Crippen LogP contribution in [0.15, 0.2) is 36.4 Å². The molecule has 0 aromatic heterocycles. The third-order valence-corrected chi connectivity index (χ3v) is 3.89. The van der Waals surface area contributed by atoms with Gasteiger partial charge in [0.25, 0.3) is 0 Å². The molecule has 0 bridgehead atoms. The zero-order valence-electron chi connectivity index (χ0n) is 10.3. The lowest BCUT2D eigenvalue weighted by Crippen LogP contribution is -2.07. The van der Waals surface area contributed by atoms with Gasteiger partial charge in [-0.2, -0.15) is 0 Å². The minimum atomic E-state index is -1.29. The molecule has 0 fully saturated rings. The SMILES string of the molecule is CCc1ccc(C(O)c2c(F)ccc(I)c2F)cc1. The Hall–Kier alpha value is -1.01. The van der Waals surface area contributed by atoms with Crippen LogP contribution in [0.4, 0.5) is 8.78 Å². The lowest BCUT2D eigenvalue weighted by atomic mass is 9.99. The molecule has 0 aliphatic carbocycles. The van der Waals surface area contributed by atoms with Crippen LogP contribution in [-0.4, -0.2) is 5.11 Å². The van der Waals surface area contributed by atoms with Gasteiger partial charge in [-0.15, -0.1) is 0 Å². The largest absolute Gasteiger partial charge is 0.383 e. The average Bonchev–Trinajstić information content (AvgIpc) is 2.43. The summed E-state index contributed by atoms with van der Waals surface area (Å²) in [6.45, 7) is 2.02. The van der Waals surface area contributed by atoms with E-state index < -0.39 is 17.7 Å². The molecule has 1 nitrogen and oxygen atoms in total. The Bertz CT molecular complexity index is 581. The maximum absolute atomic E-state index is 13.9. The van der Waals surface area contributed by atoms with E-state index in [1.54, 1.807) is 34.7 Å². The van der Waals surface area contributed by atoms with Crippen molar-refractivity contribution in [3.63, 3.8) is 0 Å². The molecule has 0 amide bonds. The molecule has 2 aromatic carbocycles. The Morgan fingerprint density at radius 3 is 2.32 bits per heavy atom. The third kappa shape index (κ3) is 2.95. The molecular weight excluding hydrogens is 361 g/mol. The van der Waals surface area contributed by atoms with Gasteiger partial charge >= 0.3 is 0 Å². The highest BCUT2D eigenvalue weighted by molar-refractivity contribution is 14.1. The van der Waals surface area contributed by atoms with E-state index in [4.69, 9.17) is 0 Å². The van der Waals surface area contributed by atoms with Crippen LogP contribution in [0.5, 0.6) is 0 Å². The molecular formula is C15H13F2IO. The first kappa shape index (κ1) is 14.4. The summed E-state index contributed by atoms with van der Waals surface area (Å²) in [5.41, 5.74) is 1.30. The van der Waals surface area contributed by atoms with E-state index >= 15 is 0 Å². The van der Waals surface area contributed by atoms with Crippen LogP contribution < -0.4 is 0 Å². The fourth-order valence-electron chi connectivity index (χ4n) is 1.90. The first-order chi connectivity index (χ1) is 9.04. The first-order valence-electron chi connectivity index (χ1n) is 5.95. The van der Waals surface area contributed by atoms with Crippen LogP contribution >= 0.6 is 22.6 Å². The summed E-state index contributed by atoms with van der Waals surface area (Å²) in [6.07, 6.45) is -0.414. The second kappa shape index (κ2) is 5.96. The summed E-state index contributed by atoms with van der Waals surface area (Å²) in [7, 11) is 0. The van der Waals surface area contributed by atoms with Gasteiger partial charge in [0.15, 0.2) is 0 Å². The Kier molecular flexibility index (Phi) is 4.52. The van der Waals surface area contributed by atoms with Gasteiger partial charge in [-0.3, -0.25) is 0 Å². The smallest absolute Gasteiger partial charge is 0.145 e. The Balaban J connectivity index is 2.43. The standard InChI is InChI=1S/C15H13F2IO/c1-2-9-3-5-10(6-4-9)15(19)13-11(16)7-8-12(18)14(13)17/h3-8,15,19H,2H2,1H3. The van der Waals surface area contributed by atoms with Crippen molar-refractivity contribution in [2.45, 2.75) is 19.4 Å². The highest BCUT2D eigenvalue weighted by Gasteiger charge is 2.21. The topological polar surface area (TPSA) is 20.2 Å². The molecule has 0 aliphatic rings. The lowest BCUT2D eigenvalue weighted by molar-refractivity contribution is 0.208. The van der Waals surface area contributed by atoms with Crippen molar-refractivity contribution in [2.75, 3.05) is 0 Å². The van der Waals surface area contributed by atoms with Gasteiger partial charge in [-0.25, -0.2) is 8.78 Å². The summed E-state index contributed by atoms with van der Waals surface area (Å²) >= 11 is 1.78. The van der Waals surface area contributed by atoms with Gasteiger partial charge in [0.2, 0.25) is 0 Å². The Labute approximate surface area is 124 Å². The summed E-state index contributed by atoms with van der Waals surface area (Å²) in [5, 5.41) is 10.2. The monoisotopic (exact) mass is 374 g/mol. The summed E-state index contributed by atoms with van der Waals surface area (Å²) in [4.78, 5) is 0. The van der Waals surface area contributed by atoms with Crippen LogP contribution in [0.25, 0.3) is 0 Å². The summed E-state index contributed by atoms with van der Waals surface area (Å²) < 4.78 is 27.9. The molecule has 0 saturated heterocycles. The van der Waals surface area contributed by atoms with Gasteiger partial charge in [0, 0.05) is 3.57 Å². The van der Waals surface area contributed by atoms with E-state index in [-0.39, 0.29) is 5.56 Å². The molecule has 2 aromatic rings. The maximum Gasteiger partial charge on any atom is 0.145 e. The predicted octanol–water partition coefficient (Wildman–Crippen LogP) is 4.21. The van der Waals surface area contributed by atoms with E-state index in [0.29, 0.717) is 9.13 Å². The van der Waals surface area contributed by atoms with E-state index in [1.807, 2.05) is 19.1 Å². The van der Waals surface area contributed by atoms with Gasteiger partial charge in [0.1, 0.15) is 17.7 Å². The highest BCUT2D eigenvalue weighted by Crippen LogP contribution is 2.29. The molecule has 0 radical (unpaired) electrons.